The Balaban J connectivity index is 2.01. The lowest BCUT2D eigenvalue weighted by molar-refractivity contribution is 0.0846. The summed E-state index contributed by atoms with van der Waals surface area (Å²) in [6.07, 6.45) is 4.70. The number of aromatic amines is 1. The molecule has 0 fully saturated rings. The van der Waals surface area contributed by atoms with Crippen molar-refractivity contribution in [2.45, 2.75) is 46.0 Å². The summed E-state index contributed by atoms with van der Waals surface area (Å²) in [7, 11) is 0. The molecule has 0 bridgehead atoms. The van der Waals surface area contributed by atoms with Crippen LogP contribution in [-0.4, -0.2) is 34.4 Å². The lowest BCUT2D eigenvalue weighted by Crippen LogP contribution is -2.39. The van der Waals surface area contributed by atoms with Crippen molar-refractivity contribution in [1.82, 2.24) is 15.5 Å². The van der Waals surface area contributed by atoms with E-state index in [1.165, 1.54) is 0 Å². The highest BCUT2D eigenvalue weighted by molar-refractivity contribution is 5.94. The van der Waals surface area contributed by atoms with Gasteiger partial charge in [-0.2, -0.15) is 5.10 Å². The van der Waals surface area contributed by atoms with Crippen LogP contribution in [-0.2, 0) is 12.8 Å². The quantitative estimate of drug-likeness (QED) is 0.728. The molecule has 5 nitrogen and oxygen atoms in total. The molecular weight excluding hydrogens is 242 g/mol. The summed E-state index contributed by atoms with van der Waals surface area (Å²) in [6, 6.07) is 0. The number of rotatable bonds is 6. The number of H-pyrrole nitrogens is 1. The third-order valence-electron chi connectivity index (χ3n) is 4.48. The maximum absolute atomic E-state index is 12.2. The van der Waals surface area contributed by atoms with Crippen molar-refractivity contribution in [2.75, 3.05) is 13.2 Å². The lowest BCUT2D eigenvalue weighted by atomic mass is 9.83. The molecule has 2 rings (SSSR count). The third-order valence-corrected chi connectivity index (χ3v) is 4.48. The van der Waals surface area contributed by atoms with Crippen LogP contribution in [0.3, 0.4) is 0 Å². The number of hydrogen-bond donors (Lipinski definition) is 3. The summed E-state index contributed by atoms with van der Waals surface area (Å²) in [4.78, 5) is 12.2. The first kappa shape index (κ1) is 14.1. The minimum atomic E-state index is -0.213. The number of aromatic nitrogens is 2. The van der Waals surface area contributed by atoms with Gasteiger partial charge in [-0.25, -0.2) is 0 Å². The molecule has 0 atom stereocenters. The smallest absolute Gasteiger partial charge is 0.272 e. The molecule has 0 aliphatic heterocycles. The van der Waals surface area contributed by atoms with Crippen LogP contribution in [0.1, 0.15) is 54.9 Å². The van der Waals surface area contributed by atoms with Gasteiger partial charge in [-0.05, 0) is 32.1 Å². The summed E-state index contributed by atoms with van der Waals surface area (Å²) in [5.41, 5.74) is 2.49. The number of fused-ring (bicyclic) bond motifs is 1. The second-order valence-electron chi connectivity index (χ2n) is 5.43. The molecule has 1 aliphatic carbocycles. The fourth-order valence-corrected chi connectivity index (χ4v) is 2.64. The van der Waals surface area contributed by atoms with E-state index in [9.17, 15) is 9.90 Å². The summed E-state index contributed by atoms with van der Waals surface area (Å²) >= 11 is 0. The SMILES string of the molecule is CCC(CC)(CO)CNC(=O)c1n[nH]c2c1CCC2. The molecule has 0 radical (unpaired) electrons. The Kier molecular flexibility index (Phi) is 4.24. The highest BCUT2D eigenvalue weighted by atomic mass is 16.3. The van der Waals surface area contributed by atoms with Gasteiger partial charge in [0.1, 0.15) is 0 Å². The lowest BCUT2D eigenvalue weighted by Gasteiger charge is -2.29. The van der Waals surface area contributed by atoms with Gasteiger partial charge in [-0.3, -0.25) is 9.89 Å². The van der Waals surface area contributed by atoms with Gasteiger partial charge >= 0.3 is 0 Å². The standard InChI is InChI=1S/C14H23N3O2/c1-3-14(4-2,9-18)8-15-13(19)12-10-6-5-7-11(10)16-17-12/h18H,3-9H2,1-2H3,(H,15,19)(H,16,17). The summed E-state index contributed by atoms with van der Waals surface area (Å²) < 4.78 is 0. The number of amides is 1. The van der Waals surface area contributed by atoms with Crippen molar-refractivity contribution < 1.29 is 9.90 Å². The first-order chi connectivity index (χ1) is 9.15. The Morgan fingerprint density at radius 1 is 1.42 bits per heavy atom. The molecule has 0 aromatic carbocycles. The molecule has 0 spiro atoms. The zero-order valence-electron chi connectivity index (χ0n) is 11.8. The minimum Gasteiger partial charge on any atom is -0.396 e. The Morgan fingerprint density at radius 3 is 2.79 bits per heavy atom. The van der Waals surface area contributed by atoms with Gasteiger partial charge in [0.2, 0.25) is 0 Å². The summed E-state index contributed by atoms with van der Waals surface area (Å²) in [6.45, 7) is 4.67. The molecule has 1 aliphatic rings. The van der Waals surface area contributed by atoms with E-state index in [0.29, 0.717) is 12.2 Å². The molecule has 5 heteroatoms. The van der Waals surface area contributed by atoms with Crippen LogP contribution in [0.4, 0.5) is 0 Å². The van der Waals surface area contributed by atoms with Gasteiger partial charge in [-0.15, -0.1) is 0 Å². The number of aliphatic hydroxyl groups is 1. The maximum atomic E-state index is 12.2. The number of nitrogens with zero attached hydrogens (tertiary/aromatic N) is 1. The van der Waals surface area contributed by atoms with E-state index in [0.717, 1.165) is 43.4 Å². The van der Waals surface area contributed by atoms with Gasteiger partial charge in [0.15, 0.2) is 5.69 Å². The molecular formula is C14H23N3O2. The van der Waals surface area contributed by atoms with Crippen LogP contribution >= 0.6 is 0 Å². The number of aryl methyl sites for hydroxylation is 1. The Morgan fingerprint density at radius 2 is 2.16 bits per heavy atom. The molecule has 0 unspecified atom stereocenters. The van der Waals surface area contributed by atoms with E-state index in [1.54, 1.807) is 0 Å². The van der Waals surface area contributed by atoms with E-state index in [1.807, 2.05) is 13.8 Å². The van der Waals surface area contributed by atoms with Crippen LogP contribution < -0.4 is 5.32 Å². The second-order valence-corrected chi connectivity index (χ2v) is 5.43. The van der Waals surface area contributed by atoms with E-state index < -0.39 is 0 Å². The Hall–Kier alpha value is -1.36. The average Bonchev–Trinajstić information content (AvgIpc) is 3.03. The van der Waals surface area contributed by atoms with Crippen molar-refractivity contribution in [3.05, 3.63) is 17.0 Å². The third kappa shape index (κ3) is 2.66. The van der Waals surface area contributed by atoms with Crippen molar-refractivity contribution in [3.63, 3.8) is 0 Å². The molecule has 0 saturated heterocycles. The molecule has 1 aromatic rings. The number of carbonyl (C=O) groups excluding carboxylic acids is 1. The number of hydrogen-bond acceptors (Lipinski definition) is 3. The minimum absolute atomic E-state index is 0.0962. The number of nitrogens with one attached hydrogen (secondary N) is 2. The van der Waals surface area contributed by atoms with Crippen molar-refractivity contribution >= 4 is 5.91 Å². The molecule has 1 amide bonds. The average molecular weight is 265 g/mol. The summed E-state index contributed by atoms with van der Waals surface area (Å²) in [5, 5.41) is 19.5. The predicted octanol–water partition coefficient (Wildman–Crippen LogP) is 1.43. The zero-order valence-corrected chi connectivity index (χ0v) is 11.8. The van der Waals surface area contributed by atoms with E-state index >= 15 is 0 Å². The highest BCUT2D eigenvalue weighted by Gasteiger charge is 2.28. The molecule has 1 heterocycles. The maximum Gasteiger partial charge on any atom is 0.272 e. The van der Waals surface area contributed by atoms with Crippen LogP contribution in [0.15, 0.2) is 0 Å². The summed E-state index contributed by atoms with van der Waals surface area (Å²) in [5.74, 6) is -0.126. The Bertz CT molecular complexity index is 441. The molecule has 106 valence electrons. The number of aliphatic hydroxyl groups excluding tert-OH is 1. The fourth-order valence-electron chi connectivity index (χ4n) is 2.64. The molecule has 19 heavy (non-hydrogen) atoms. The van der Waals surface area contributed by atoms with Crippen LogP contribution in [0.2, 0.25) is 0 Å². The van der Waals surface area contributed by atoms with Crippen molar-refractivity contribution in [3.8, 4) is 0 Å². The molecule has 3 N–H and O–H groups in total. The topological polar surface area (TPSA) is 78.0 Å². The molecule has 1 aromatic heterocycles. The first-order valence-corrected chi connectivity index (χ1v) is 7.11. The van der Waals surface area contributed by atoms with Gasteiger partial charge in [-0.1, -0.05) is 13.8 Å². The van der Waals surface area contributed by atoms with E-state index in [4.69, 9.17) is 0 Å². The second kappa shape index (κ2) is 5.74. The van der Waals surface area contributed by atoms with Crippen LogP contribution in [0.5, 0.6) is 0 Å². The Labute approximate surface area is 113 Å². The van der Waals surface area contributed by atoms with Gasteiger partial charge in [0.05, 0.1) is 6.61 Å². The number of carbonyl (C=O) groups is 1. The molecule has 0 saturated carbocycles. The van der Waals surface area contributed by atoms with Gasteiger partial charge in [0, 0.05) is 23.2 Å². The normalized spacial score (nSPS) is 14.5. The zero-order chi connectivity index (χ0) is 13.9. The van der Waals surface area contributed by atoms with Crippen molar-refractivity contribution in [1.29, 1.82) is 0 Å². The van der Waals surface area contributed by atoms with Crippen LogP contribution in [0.25, 0.3) is 0 Å². The van der Waals surface area contributed by atoms with E-state index in [-0.39, 0.29) is 17.9 Å². The fraction of sp³-hybridized carbons (Fsp3) is 0.714. The highest BCUT2D eigenvalue weighted by Crippen LogP contribution is 2.25. The predicted molar refractivity (Wildman–Crippen MR) is 73.0 cm³/mol. The largest absolute Gasteiger partial charge is 0.396 e. The van der Waals surface area contributed by atoms with Crippen LogP contribution in [0, 0.1) is 5.41 Å². The van der Waals surface area contributed by atoms with Gasteiger partial charge in [0.25, 0.3) is 5.91 Å². The van der Waals surface area contributed by atoms with E-state index in [2.05, 4.69) is 15.5 Å². The van der Waals surface area contributed by atoms with Crippen molar-refractivity contribution in [2.24, 2.45) is 5.41 Å². The van der Waals surface area contributed by atoms with Gasteiger partial charge < -0.3 is 10.4 Å². The monoisotopic (exact) mass is 265 g/mol. The first-order valence-electron chi connectivity index (χ1n) is 7.11.